The molecule has 1 N–H and O–H groups in total. The molecule has 1 spiro atoms. The predicted octanol–water partition coefficient (Wildman–Crippen LogP) is 3.08. The van der Waals surface area contributed by atoms with Gasteiger partial charge in [-0.15, -0.1) is 6.58 Å². The zero-order valence-electron chi connectivity index (χ0n) is 22.2. The van der Waals surface area contributed by atoms with Gasteiger partial charge >= 0.3 is 5.97 Å². The van der Waals surface area contributed by atoms with Crippen LogP contribution in [-0.2, 0) is 23.9 Å². The first-order valence-corrected chi connectivity index (χ1v) is 13.6. The SMILES string of the molecule is C=CCOC(=O)[C@H]1[C@H]2C(=O)N(CCCO)C(C(=O)N(CC=C)C(C)(C)CC(C)(C)C)C23CC(Br)[C@@H]1O3. The summed E-state index contributed by atoms with van der Waals surface area (Å²) in [5.41, 5.74) is -1.73. The van der Waals surface area contributed by atoms with Crippen LogP contribution in [0.3, 0.4) is 0 Å². The number of nitrogens with zero attached hydrogens (tertiary/aromatic N) is 2. The van der Waals surface area contributed by atoms with Gasteiger partial charge in [0, 0.05) is 30.1 Å². The topological polar surface area (TPSA) is 96.4 Å². The Morgan fingerprint density at radius 1 is 1.28 bits per heavy atom. The Hall–Kier alpha value is -1.71. The van der Waals surface area contributed by atoms with Gasteiger partial charge in [-0.3, -0.25) is 14.4 Å². The van der Waals surface area contributed by atoms with E-state index in [0.717, 1.165) is 6.42 Å². The van der Waals surface area contributed by atoms with Crippen molar-refractivity contribution in [1.82, 2.24) is 9.80 Å². The number of likely N-dealkylation sites (tertiary alicyclic amines) is 1. The van der Waals surface area contributed by atoms with Crippen molar-refractivity contribution >= 4 is 33.7 Å². The molecular formula is C27H41BrN2O6. The fraction of sp³-hybridized carbons (Fsp3) is 0.741. The van der Waals surface area contributed by atoms with E-state index >= 15 is 0 Å². The fourth-order valence-corrected chi connectivity index (χ4v) is 7.65. The summed E-state index contributed by atoms with van der Waals surface area (Å²) in [4.78, 5) is 44.5. The molecule has 2 bridgehead atoms. The number of hydrogen-bond acceptors (Lipinski definition) is 6. The second-order valence-electron chi connectivity index (χ2n) is 12.0. The number of hydrogen-bond donors (Lipinski definition) is 1. The third-order valence-electron chi connectivity index (χ3n) is 7.47. The molecule has 0 aromatic rings. The van der Waals surface area contributed by atoms with E-state index in [2.05, 4.69) is 49.9 Å². The number of ether oxygens (including phenoxy) is 2. The maximum atomic E-state index is 14.5. The van der Waals surface area contributed by atoms with E-state index in [9.17, 15) is 19.5 Å². The van der Waals surface area contributed by atoms with E-state index in [1.807, 2.05) is 13.8 Å². The van der Waals surface area contributed by atoms with Crippen molar-refractivity contribution in [3.63, 3.8) is 0 Å². The summed E-state index contributed by atoms with van der Waals surface area (Å²) in [7, 11) is 0. The molecule has 3 aliphatic rings. The third kappa shape index (κ3) is 5.03. The van der Waals surface area contributed by atoms with Gasteiger partial charge in [-0.1, -0.05) is 55.4 Å². The van der Waals surface area contributed by atoms with Crippen LogP contribution in [-0.4, -0.2) is 87.1 Å². The summed E-state index contributed by atoms with van der Waals surface area (Å²) in [5.74, 6) is -2.68. The summed E-state index contributed by atoms with van der Waals surface area (Å²) in [6, 6.07) is -0.914. The third-order valence-corrected chi connectivity index (χ3v) is 8.31. The number of amides is 2. The monoisotopic (exact) mass is 568 g/mol. The van der Waals surface area contributed by atoms with Crippen molar-refractivity contribution in [2.45, 2.75) is 82.0 Å². The number of fused-ring (bicyclic) bond motifs is 1. The van der Waals surface area contributed by atoms with Crippen LogP contribution in [0, 0.1) is 17.3 Å². The highest BCUT2D eigenvalue weighted by molar-refractivity contribution is 9.09. The van der Waals surface area contributed by atoms with Crippen LogP contribution in [0.1, 0.15) is 53.9 Å². The van der Waals surface area contributed by atoms with Crippen molar-refractivity contribution in [2.24, 2.45) is 17.3 Å². The Morgan fingerprint density at radius 2 is 1.94 bits per heavy atom. The minimum Gasteiger partial charge on any atom is -0.461 e. The maximum absolute atomic E-state index is 14.5. The molecule has 3 saturated heterocycles. The molecule has 0 aromatic heterocycles. The van der Waals surface area contributed by atoms with Gasteiger partial charge in [0.15, 0.2) is 0 Å². The highest BCUT2D eigenvalue weighted by Crippen LogP contribution is 2.60. The van der Waals surface area contributed by atoms with Crippen LogP contribution in [0.15, 0.2) is 25.3 Å². The molecule has 6 atom stereocenters. The summed E-state index contributed by atoms with van der Waals surface area (Å²) in [6.07, 6.45) is 4.08. The fourth-order valence-electron chi connectivity index (χ4n) is 6.70. The van der Waals surface area contributed by atoms with Crippen LogP contribution < -0.4 is 0 Å². The van der Waals surface area contributed by atoms with Gasteiger partial charge < -0.3 is 24.4 Å². The minimum absolute atomic E-state index is 0.0353. The quantitative estimate of drug-likeness (QED) is 0.234. The molecule has 2 amide bonds. The highest BCUT2D eigenvalue weighted by Gasteiger charge is 2.77. The van der Waals surface area contributed by atoms with E-state index in [1.165, 1.54) is 11.0 Å². The van der Waals surface area contributed by atoms with Crippen molar-refractivity contribution in [1.29, 1.82) is 0 Å². The van der Waals surface area contributed by atoms with Gasteiger partial charge in [-0.25, -0.2) is 0 Å². The predicted molar refractivity (Wildman–Crippen MR) is 140 cm³/mol. The number of rotatable bonds is 11. The van der Waals surface area contributed by atoms with E-state index in [1.54, 1.807) is 11.0 Å². The van der Waals surface area contributed by atoms with E-state index < -0.39 is 41.1 Å². The summed E-state index contributed by atoms with van der Waals surface area (Å²) in [5, 5.41) is 9.53. The Balaban J connectivity index is 2.07. The number of esters is 1. The molecule has 36 heavy (non-hydrogen) atoms. The molecule has 3 heterocycles. The smallest absolute Gasteiger partial charge is 0.312 e. The van der Waals surface area contributed by atoms with Gasteiger partial charge in [0.2, 0.25) is 11.8 Å². The lowest BCUT2D eigenvalue weighted by Crippen LogP contribution is -2.61. The first-order valence-electron chi connectivity index (χ1n) is 12.7. The number of aliphatic hydroxyl groups excluding tert-OH is 1. The molecule has 9 heteroatoms. The van der Waals surface area contributed by atoms with Crippen molar-refractivity contribution in [3.8, 4) is 0 Å². The zero-order valence-corrected chi connectivity index (χ0v) is 23.8. The van der Waals surface area contributed by atoms with Crippen LogP contribution >= 0.6 is 15.9 Å². The lowest BCUT2D eigenvalue weighted by atomic mass is 9.70. The summed E-state index contributed by atoms with van der Waals surface area (Å²) in [6.45, 7) is 18.3. The van der Waals surface area contributed by atoms with E-state index in [4.69, 9.17) is 9.47 Å². The summed E-state index contributed by atoms with van der Waals surface area (Å²) >= 11 is 3.66. The maximum Gasteiger partial charge on any atom is 0.312 e. The van der Waals surface area contributed by atoms with Crippen molar-refractivity contribution < 1.29 is 29.0 Å². The zero-order chi connectivity index (χ0) is 27.1. The summed E-state index contributed by atoms with van der Waals surface area (Å²) < 4.78 is 11.9. The largest absolute Gasteiger partial charge is 0.461 e. The van der Waals surface area contributed by atoms with E-state index in [0.29, 0.717) is 19.4 Å². The van der Waals surface area contributed by atoms with Crippen LogP contribution in [0.2, 0.25) is 0 Å². The Kier molecular flexibility index (Phi) is 8.48. The van der Waals surface area contributed by atoms with Crippen molar-refractivity contribution in [3.05, 3.63) is 25.3 Å². The molecule has 202 valence electrons. The average molecular weight is 570 g/mol. The first-order chi connectivity index (χ1) is 16.8. The second kappa shape index (κ2) is 10.6. The van der Waals surface area contributed by atoms with Crippen LogP contribution in [0.4, 0.5) is 0 Å². The molecule has 3 unspecified atom stereocenters. The average Bonchev–Trinajstić information content (AvgIpc) is 3.35. The number of carbonyl (C=O) groups is 3. The molecular weight excluding hydrogens is 528 g/mol. The lowest BCUT2D eigenvalue weighted by molar-refractivity contribution is -0.155. The van der Waals surface area contributed by atoms with Gasteiger partial charge in [0.05, 0.1) is 17.9 Å². The normalized spacial score (nSPS) is 31.4. The Morgan fingerprint density at radius 3 is 2.50 bits per heavy atom. The van der Waals surface area contributed by atoms with Gasteiger partial charge in [0.25, 0.3) is 0 Å². The molecule has 0 radical (unpaired) electrons. The Labute approximate surface area is 223 Å². The standard InChI is InChI=1S/C27H41BrN2O6/c1-8-11-30(26(6,7)16-25(3,4)5)23(33)21-27-15-17(28)20(36-27)18(24(34)35-14-9-2)19(27)22(32)29(21)12-10-13-31/h8-9,17-21,31H,1-2,10-16H2,3-7H3/t17?,18-,19-,20-,21?,27?/m0/s1. The van der Waals surface area contributed by atoms with Crippen LogP contribution in [0.5, 0.6) is 0 Å². The molecule has 3 aliphatic heterocycles. The molecule has 8 nitrogen and oxygen atoms in total. The molecule has 3 fully saturated rings. The lowest BCUT2D eigenvalue weighted by Gasteiger charge is -2.45. The number of alkyl halides is 1. The van der Waals surface area contributed by atoms with Gasteiger partial charge in [0.1, 0.15) is 18.2 Å². The second-order valence-corrected chi connectivity index (χ2v) is 13.2. The van der Waals surface area contributed by atoms with Gasteiger partial charge in [-0.05, 0) is 38.5 Å². The number of halogens is 1. The number of aliphatic hydroxyl groups is 1. The highest BCUT2D eigenvalue weighted by atomic mass is 79.9. The van der Waals surface area contributed by atoms with Crippen LogP contribution in [0.25, 0.3) is 0 Å². The van der Waals surface area contributed by atoms with Gasteiger partial charge in [-0.2, -0.15) is 0 Å². The molecule has 3 rings (SSSR count). The van der Waals surface area contributed by atoms with E-state index in [-0.39, 0.29) is 41.8 Å². The molecule has 0 aliphatic carbocycles. The van der Waals surface area contributed by atoms with Crippen molar-refractivity contribution in [2.75, 3.05) is 26.3 Å². The molecule has 0 saturated carbocycles. The number of carbonyl (C=O) groups excluding carboxylic acids is 3. The Bertz CT molecular complexity index is 899. The first kappa shape index (κ1) is 28.9. The molecule has 0 aromatic carbocycles. The minimum atomic E-state index is -1.16.